The average molecular weight is 313 g/mol. The fourth-order valence-corrected chi connectivity index (χ4v) is 3.10. The monoisotopic (exact) mass is 313 g/mol. The first-order chi connectivity index (χ1) is 11.2. The van der Waals surface area contributed by atoms with E-state index in [2.05, 4.69) is 10.2 Å². The van der Waals surface area contributed by atoms with Crippen molar-refractivity contribution in [3.05, 3.63) is 35.7 Å². The first-order valence-electron chi connectivity index (χ1n) is 8.36. The van der Waals surface area contributed by atoms with Crippen molar-refractivity contribution >= 4 is 5.91 Å². The van der Waals surface area contributed by atoms with Crippen molar-refractivity contribution in [2.75, 3.05) is 13.1 Å². The van der Waals surface area contributed by atoms with Gasteiger partial charge >= 0.3 is 0 Å². The maximum atomic E-state index is 12.1. The van der Waals surface area contributed by atoms with Crippen LogP contribution in [0.25, 0.3) is 11.5 Å². The molecule has 0 radical (unpaired) electrons. The van der Waals surface area contributed by atoms with Crippen molar-refractivity contribution in [2.45, 2.75) is 45.4 Å². The van der Waals surface area contributed by atoms with Crippen LogP contribution in [0.1, 0.15) is 50.0 Å². The third-order valence-electron chi connectivity index (χ3n) is 4.40. The van der Waals surface area contributed by atoms with E-state index in [1.54, 1.807) is 0 Å². The quantitative estimate of drug-likeness (QED) is 0.866. The highest BCUT2D eigenvalue weighted by atomic mass is 16.4. The van der Waals surface area contributed by atoms with Crippen LogP contribution in [0.2, 0.25) is 0 Å². The average Bonchev–Trinajstić information content (AvgIpc) is 3.05. The highest BCUT2D eigenvalue weighted by molar-refractivity contribution is 5.76. The van der Waals surface area contributed by atoms with Gasteiger partial charge in [0.2, 0.25) is 17.7 Å². The minimum absolute atomic E-state index is 0.148. The molecule has 2 heterocycles. The van der Waals surface area contributed by atoms with Gasteiger partial charge in [0.15, 0.2) is 0 Å². The molecule has 1 amide bonds. The molecule has 1 aliphatic rings. The standard InChI is InChI=1S/C18H23N3O2/c1-3-7-16(22)21-11-6-9-14(12-21)17-19-20-18(23-17)15-10-5-4-8-13(15)2/h4-5,8,10,14H,3,6-7,9,11-12H2,1-2H3/t14-/m1/s1. The Balaban J connectivity index is 1.75. The van der Waals surface area contributed by atoms with Crippen LogP contribution < -0.4 is 0 Å². The fourth-order valence-electron chi connectivity index (χ4n) is 3.10. The first kappa shape index (κ1) is 15.7. The molecule has 0 saturated carbocycles. The van der Waals surface area contributed by atoms with Crippen LogP contribution in [0.3, 0.4) is 0 Å². The summed E-state index contributed by atoms with van der Waals surface area (Å²) in [5.74, 6) is 1.60. The number of amides is 1. The third-order valence-corrected chi connectivity index (χ3v) is 4.40. The molecule has 23 heavy (non-hydrogen) atoms. The minimum Gasteiger partial charge on any atom is -0.420 e. The first-order valence-corrected chi connectivity index (χ1v) is 8.36. The summed E-state index contributed by atoms with van der Waals surface area (Å²) in [5, 5.41) is 8.45. The maximum Gasteiger partial charge on any atom is 0.248 e. The Labute approximate surface area is 136 Å². The van der Waals surface area contributed by atoms with Gasteiger partial charge in [-0.15, -0.1) is 10.2 Å². The molecular formula is C18H23N3O2. The Bertz CT molecular complexity index is 680. The van der Waals surface area contributed by atoms with E-state index in [9.17, 15) is 4.79 Å². The molecule has 0 bridgehead atoms. The second-order valence-electron chi connectivity index (χ2n) is 6.19. The van der Waals surface area contributed by atoms with Crippen molar-refractivity contribution < 1.29 is 9.21 Å². The summed E-state index contributed by atoms with van der Waals surface area (Å²) < 4.78 is 5.92. The third kappa shape index (κ3) is 3.44. The van der Waals surface area contributed by atoms with Crippen LogP contribution in [-0.4, -0.2) is 34.1 Å². The molecule has 5 heteroatoms. The summed E-state index contributed by atoms with van der Waals surface area (Å²) in [6, 6.07) is 7.99. The predicted molar refractivity (Wildman–Crippen MR) is 87.9 cm³/mol. The molecule has 2 aromatic rings. The lowest BCUT2D eigenvalue weighted by Crippen LogP contribution is -2.39. The molecule has 1 atom stereocenters. The zero-order chi connectivity index (χ0) is 16.2. The van der Waals surface area contributed by atoms with Crippen LogP contribution >= 0.6 is 0 Å². The molecule has 0 unspecified atom stereocenters. The number of aromatic nitrogens is 2. The van der Waals surface area contributed by atoms with Crippen molar-refractivity contribution in [3.8, 4) is 11.5 Å². The van der Waals surface area contributed by atoms with E-state index in [0.29, 0.717) is 24.7 Å². The van der Waals surface area contributed by atoms with Gasteiger partial charge in [0.25, 0.3) is 0 Å². The summed E-state index contributed by atoms with van der Waals surface area (Å²) in [7, 11) is 0. The number of hydrogen-bond donors (Lipinski definition) is 0. The molecule has 5 nitrogen and oxygen atoms in total. The van der Waals surface area contributed by atoms with Crippen LogP contribution in [0, 0.1) is 6.92 Å². The van der Waals surface area contributed by atoms with Gasteiger partial charge in [0.1, 0.15) is 0 Å². The molecular weight excluding hydrogens is 290 g/mol. The predicted octanol–water partition coefficient (Wildman–Crippen LogP) is 3.55. The largest absolute Gasteiger partial charge is 0.420 e. The van der Waals surface area contributed by atoms with Gasteiger partial charge in [-0.25, -0.2) is 0 Å². The van der Waals surface area contributed by atoms with Crippen molar-refractivity contribution in [1.82, 2.24) is 15.1 Å². The Morgan fingerprint density at radius 3 is 2.96 bits per heavy atom. The van der Waals surface area contributed by atoms with E-state index in [-0.39, 0.29) is 11.8 Å². The Morgan fingerprint density at radius 1 is 1.35 bits per heavy atom. The van der Waals surface area contributed by atoms with Crippen molar-refractivity contribution in [3.63, 3.8) is 0 Å². The Kier molecular flexibility index (Phi) is 4.74. The number of hydrogen-bond acceptors (Lipinski definition) is 4. The number of nitrogens with zero attached hydrogens (tertiary/aromatic N) is 3. The van der Waals surface area contributed by atoms with Gasteiger partial charge in [-0.1, -0.05) is 25.1 Å². The van der Waals surface area contributed by atoms with E-state index in [1.165, 1.54) is 0 Å². The molecule has 3 rings (SSSR count). The molecule has 1 saturated heterocycles. The van der Waals surface area contributed by atoms with Crippen LogP contribution in [-0.2, 0) is 4.79 Å². The van der Waals surface area contributed by atoms with Gasteiger partial charge in [-0.3, -0.25) is 4.79 Å². The smallest absolute Gasteiger partial charge is 0.248 e. The van der Waals surface area contributed by atoms with E-state index in [1.807, 2.05) is 43.0 Å². The summed E-state index contributed by atoms with van der Waals surface area (Å²) >= 11 is 0. The summed E-state index contributed by atoms with van der Waals surface area (Å²) in [6.07, 6.45) is 3.48. The van der Waals surface area contributed by atoms with Crippen molar-refractivity contribution in [1.29, 1.82) is 0 Å². The molecule has 1 aromatic carbocycles. The van der Waals surface area contributed by atoms with E-state index in [4.69, 9.17) is 4.42 Å². The SMILES string of the molecule is CCCC(=O)N1CCC[C@@H](c2nnc(-c3ccccc3C)o2)C1. The number of aryl methyl sites for hydroxylation is 1. The highest BCUT2D eigenvalue weighted by Gasteiger charge is 2.28. The molecule has 1 aromatic heterocycles. The number of carbonyl (C=O) groups excluding carboxylic acids is 1. The molecule has 0 aliphatic carbocycles. The van der Waals surface area contributed by atoms with Gasteiger partial charge in [-0.05, 0) is 37.8 Å². The maximum absolute atomic E-state index is 12.1. The molecule has 0 spiro atoms. The van der Waals surface area contributed by atoms with Crippen LogP contribution in [0.4, 0.5) is 0 Å². The molecule has 1 fully saturated rings. The van der Waals surface area contributed by atoms with Gasteiger partial charge in [0.05, 0.1) is 5.92 Å². The normalized spacial score (nSPS) is 18.2. The van der Waals surface area contributed by atoms with Gasteiger partial charge < -0.3 is 9.32 Å². The minimum atomic E-state index is 0.148. The molecule has 0 N–H and O–H groups in total. The lowest BCUT2D eigenvalue weighted by atomic mass is 9.97. The molecule has 1 aliphatic heterocycles. The number of rotatable bonds is 4. The second-order valence-corrected chi connectivity index (χ2v) is 6.19. The zero-order valence-corrected chi connectivity index (χ0v) is 13.8. The zero-order valence-electron chi connectivity index (χ0n) is 13.8. The van der Waals surface area contributed by atoms with E-state index >= 15 is 0 Å². The van der Waals surface area contributed by atoms with Gasteiger partial charge in [-0.2, -0.15) is 0 Å². The number of piperidine rings is 1. The topological polar surface area (TPSA) is 59.2 Å². The lowest BCUT2D eigenvalue weighted by molar-refractivity contribution is -0.132. The summed E-state index contributed by atoms with van der Waals surface area (Å²) in [4.78, 5) is 14.0. The fraction of sp³-hybridized carbons (Fsp3) is 0.500. The number of benzene rings is 1. The number of carbonyl (C=O) groups is 1. The Hall–Kier alpha value is -2.17. The summed E-state index contributed by atoms with van der Waals surface area (Å²) in [5.41, 5.74) is 2.09. The van der Waals surface area contributed by atoms with Crippen molar-refractivity contribution in [2.24, 2.45) is 0 Å². The van der Waals surface area contributed by atoms with E-state index in [0.717, 1.165) is 36.9 Å². The lowest BCUT2D eigenvalue weighted by Gasteiger charge is -2.31. The van der Waals surface area contributed by atoms with Crippen LogP contribution in [0.5, 0.6) is 0 Å². The number of likely N-dealkylation sites (tertiary alicyclic amines) is 1. The second kappa shape index (κ2) is 6.94. The highest BCUT2D eigenvalue weighted by Crippen LogP contribution is 2.29. The Morgan fingerprint density at radius 2 is 2.17 bits per heavy atom. The van der Waals surface area contributed by atoms with Gasteiger partial charge in [0, 0.05) is 25.1 Å². The van der Waals surface area contributed by atoms with E-state index < -0.39 is 0 Å². The molecule has 122 valence electrons. The summed E-state index contributed by atoms with van der Waals surface area (Å²) in [6.45, 7) is 5.60. The van der Waals surface area contributed by atoms with Crippen LogP contribution in [0.15, 0.2) is 28.7 Å².